The molecule has 74 valence electrons. The smallest absolute Gasteiger partial charge is 0.112 e. The van der Waals surface area contributed by atoms with Gasteiger partial charge in [0.05, 0.1) is 6.35 Å². The topological polar surface area (TPSA) is 77.8 Å². The first kappa shape index (κ1) is 12.1. The van der Waals surface area contributed by atoms with Crippen LogP contribution >= 0.6 is 7.14 Å². The van der Waals surface area contributed by atoms with Crippen molar-refractivity contribution in [3.05, 3.63) is 0 Å². The molecular weight excluding hydrogens is 179 g/mol. The lowest BCUT2D eigenvalue weighted by molar-refractivity contribution is 0.290. The maximum absolute atomic E-state index is 11.6. The van der Waals surface area contributed by atoms with Crippen molar-refractivity contribution < 1.29 is 19.9 Å². The molecule has 0 heterocycles. The third-order valence-corrected chi connectivity index (χ3v) is 4.48. The predicted molar refractivity (Wildman–Crippen MR) is 47.8 cm³/mol. The Bertz CT molecular complexity index is 136. The summed E-state index contributed by atoms with van der Waals surface area (Å²) in [6.45, 7) is 0.00618. The van der Waals surface area contributed by atoms with E-state index in [1.807, 2.05) is 0 Å². The Balaban J connectivity index is 3.79. The minimum absolute atomic E-state index is 0.00309. The maximum atomic E-state index is 11.6. The molecule has 0 atom stereocenters. The molecule has 0 saturated carbocycles. The van der Waals surface area contributed by atoms with Gasteiger partial charge in [-0.3, -0.25) is 0 Å². The zero-order chi connectivity index (χ0) is 9.45. The van der Waals surface area contributed by atoms with Crippen LogP contribution < -0.4 is 0 Å². The summed E-state index contributed by atoms with van der Waals surface area (Å²) in [5, 5.41) is 25.8. The lowest BCUT2D eigenvalue weighted by Gasteiger charge is -2.13. The highest BCUT2D eigenvalue weighted by atomic mass is 31.2. The van der Waals surface area contributed by atoms with Crippen LogP contribution in [0.4, 0.5) is 0 Å². The second-order valence-corrected chi connectivity index (χ2v) is 6.09. The van der Waals surface area contributed by atoms with Crippen LogP contribution in [0.3, 0.4) is 0 Å². The summed E-state index contributed by atoms with van der Waals surface area (Å²) >= 11 is 0. The Morgan fingerprint density at radius 1 is 0.917 bits per heavy atom. The van der Waals surface area contributed by atoms with Crippen LogP contribution in [0.5, 0.6) is 0 Å². The molecule has 4 nitrogen and oxygen atoms in total. The predicted octanol–water partition coefficient (Wildman–Crippen LogP) is 0.0641. The zero-order valence-electron chi connectivity index (χ0n) is 7.15. The second-order valence-electron chi connectivity index (χ2n) is 2.80. The van der Waals surface area contributed by atoms with Crippen molar-refractivity contribution in [2.45, 2.75) is 12.8 Å². The first-order chi connectivity index (χ1) is 5.68. The highest BCUT2D eigenvalue weighted by molar-refractivity contribution is 7.63. The van der Waals surface area contributed by atoms with E-state index in [2.05, 4.69) is 0 Å². The standard InChI is InChI=1S/C7H17O4P/c8-3-1-5-12(11,7-10)6-2-4-9/h8-10H,1-7H2. The van der Waals surface area contributed by atoms with Crippen molar-refractivity contribution in [3.63, 3.8) is 0 Å². The van der Waals surface area contributed by atoms with Crippen LogP contribution in [0.25, 0.3) is 0 Å². The van der Waals surface area contributed by atoms with Gasteiger partial charge in [-0.2, -0.15) is 0 Å². The van der Waals surface area contributed by atoms with Gasteiger partial charge in [0.25, 0.3) is 0 Å². The molecule has 0 aromatic carbocycles. The normalized spacial score (nSPS) is 11.9. The Morgan fingerprint density at radius 3 is 1.58 bits per heavy atom. The minimum atomic E-state index is -2.50. The maximum Gasteiger partial charge on any atom is 0.112 e. The molecule has 0 aliphatic carbocycles. The first-order valence-corrected chi connectivity index (χ1v) is 6.34. The van der Waals surface area contributed by atoms with Crippen LogP contribution in [0.15, 0.2) is 0 Å². The molecule has 0 unspecified atom stereocenters. The van der Waals surface area contributed by atoms with Crippen LogP contribution in [0.2, 0.25) is 0 Å². The van der Waals surface area contributed by atoms with Crippen molar-refractivity contribution >= 4 is 7.14 Å². The van der Waals surface area contributed by atoms with E-state index in [1.54, 1.807) is 0 Å². The lowest BCUT2D eigenvalue weighted by atomic mass is 10.5. The van der Waals surface area contributed by atoms with E-state index in [-0.39, 0.29) is 19.6 Å². The van der Waals surface area contributed by atoms with Gasteiger partial charge in [-0.15, -0.1) is 0 Å². The largest absolute Gasteiger partial charge is 0.396 e. The summed E-state index contributed by atoms with van der Waals surface area (Å²) < 4.78 is 11.6. The number of aliphatic hydroxyl groups is 3. The Morgan fingerprint density at radius 2 is 1.33 bits per heavy atom. The highest BCUT2D eigenvalue weighted by Crippen LogP contribution is 2.45. The molecule has 0 aliphatic heterocycles. The quantitative estimate of drug-likeness (QED) is 0.503. The molecular formula is C7H17O4P. The molecule has 0 spiro atoms. The van der Waals surface area contributed by atoms with Crippen molar-refractivity contribution in [1.82, 2.24) is 0 Å². The van der Waals surface area contributed by atoms with E-state index in [9.17, 15) is 4.57 Å². The van der Waals surface area contributed by atoms with Gasteiger partial charge >= 0.3 is 0 Å². The van der Waals surface area contributed by atoms with E-state index >= 15 is 0 Å². The van der Waals surface area contributed by atoms with Gasteiger partial charge in [-0.05, 0) is 12.8 Å². The fourth-order valence-electron chi connectivity index (χ4n) is 0.971. The summed E-state index contributed by atoms with van der Waals surface area (Å²) in [7, 11) is -2.50. The summed E-state index contributed by atoms with van der Waals surface area (Å²) in [5.74, 6) is 0. The molecule has 12 heavy (non-hydrogen) atoms. The molecule has 0 radical (unpaired) electrons. The van der Waals surface area contributed by atoms with E-state index in [1.165, 1.54) is 0 Å². The monoisotopic (exact) mass is 196 g/mol. The SMILES string of the molecule is O=P(CO)(CCCO)CCCO. The van der Waals surface area contributed by atoms with E-state index < -0.39 is 7.14 Å². The zero-order valence-corrected chi connectivity index (χ0v) is 8.04. The number of rotatable bonds is 7. The summed E-state index contributed by atoms with van der Waals surface area (Å²) in [4.78, 5) is 0. The lowest BCUT2D eigenvalue weighted by Crippen LogP contribution is -2.03. The van der Waals surface area contributed by atoms with Crippen LogP contribution in [-0.4, -0.2) is 47.2 Å². The molecule has 0 bridgehead atoms. The van der Waals surface area contributed by atoms with E-state index in [0.29, 0.717) is 25.2 Å². The van der Waals surface area contributed by atoms with Gasteiger partial charge < -0.3 is 19.9 Å². The number of hydrogen-bond acceptors (Lipinski definition) is 4. The van der Waals surface area contributed by atoms with E-state index in [4.69, 9.17) is 15.3 Å². The van der Waals surface area contributed by atoms with E-state index in [0.717, 1.165) is 0 Å². The van der Waals surface area contributed by atoms with Crippen molar-refractivity contribution in [3.8, 4) is 0 Å². The first-order valence-electron chi connectivity index (χ1n) is 4.08. The van der Waals surface area contributed by atoms with Gasteiger partial charge in [0, 0.05) is 25.5 Å². The fraction of sp³-hybridized carbons (Fsp3) is 1.00. The summed E-state index contributed by atoms with van der Waals surface area (Å²) in [5.41, 5.74) is 0. The van der Waals surface area contributed by atoms with Crippen LogP contribution in [0, 0.1) is 0 Å². The minimum Gasteiger partial charge on any atom is -0.396 e. The Labute approximate surface area is 72.6 Å². The average Bonchev–Trinajstić information content (AvgIpc) is 2.11. The Kier molecular flexibility index (Phi) is 6.67. The molecule has 5 heteroatoms. The molecule has 0 saturated heterocycles. The number of aliphatic hydroxyl groups excluding tert-OH is 3. The Hall–Kier alpha value is 0.110. The van der Waals surface area contributed by atoms with Gasteiger partial charge in [0.2, 0.25) is 0 Å². The molecule has 0 rings (SSSR count). The second kappa shape index (κ2) is 6.61. The molecule has 0 aromatic rings. The van der Waals surface area contributed by atoms with Crippen molar-refractivity contribution in [2.75, 3.05) is 31.9 Å². The van der Waals surface area contributed by atoms with Gasteiger partial charge in [-0.1, -0.05) is 0 Å². The van der Waals surface area contributed by atoms with Gasteiger partial charge in [0.1, 0.15) is 7.14 Å². The summed E-state index contributed by atoms with van der Waals surface area (Å²) in [6.07, 6.45) is 1.36. The third kappa shape index (κ3) is 4.88. The molecule has 0 fully saturated rings. The molecule has 3 N–H and O–H groups in total. The van der Waals surface area contributed by atoms with Gasteiger partial charge in [0.15, 0.2) is 0 Å². The van der Waals surface area contributed by atoms with Crippen LogP contribution in [-0.2, 0) is 4.57 Å². The fourth-order valence-corrected chi connectivity index (χ4v) is 2.91. The molecule has 0 aromatic heterocycles. The molecule has 0 amide bonds. The third-order valence-electron chi connectivity index (χ3n) is 1.71. The number of hydrogen-bond donors (Lipinski definition) is 3. The average molecular weight is 196 g/mol. The van der Waals surface area contributed by atoms with Crippen LogP contribution in [0.1, 0.15) is 12.8 Å². The highest BCUT2D eigenvalue weighted by Gasteiger charge is 2.19. The van der Waals surface area contributed by atoms with Crippen molar-refractivity contribution in [2.24, 2.45) is 0 Å². The summed E-state index contributed by atoms with van der Waals surface area (Å²) in [6, 6.07) is 0. The van der Waals surface area contributed by atoms with Crippen molar-refractivity contribution in [1.29, 1.82) is 0 Å². The molecule has 0 aliphatic rings. The van der Waals surface area contributed by atoms with Gasteiger partial charge in [-0.25, -0.2) is 0 Å².